The van der Waals surface area contributed by atoms with Gasteiger partial charge in [-0.2, -0.15) is 0 Å². The van der Waals surface area contributed by atoms with Crippen molar-refractivity contribution in [2.45, 2.75) is 25.6 Å². The highest BCUT2D eigenvalue weighted by atomic mass is 35.5. The largest absolute Gasteiger partial charge is 0.358 e. The van der Waals surface area contributed by atoms with Gasteiger partial charge in [-0.1, -0.05) is 30.4 Å². The number of nitrogens with one attached hydrogen (secondary N) is 2. The molecule has 6 nitrogen and oxygen atoms in total. The Labute approximate surface area is 205 Å². The fourth-order valence-electron chi connectivity index (χ4n) is 5.04. The zero-order chi connectivity index (χ0) is 24.0. The molecule has 2 N–H and O–H groups in total. The molecule has 0 unspecified atom stereocenters. The van der Waals surface area contributed by atoms with Crippen molar-refractivity contribution < 1.29 is 9.59 Å². The van der Waals surface area contributed by atoms with E-state index < -0.39 is 0 Å². The average Bonchev–Trinajstić information content (AvgIpc) is 3.29. The van der Waals surface area contributed by atoms with Crippen molar-refractivity contribution in [3.8, 4) is 0 Å². The molecule has 1 aliphatic carbocycles. The van der Waals surface area contributed by atoms with Crippen LogP contribution in [0.1, 0.15) is 44.9 Å². The fourth-order valence-corrected chi connectivity index (χ4v) is 5.33. The Morgan fingerprint density at radius 2 is 1.94 bits per heavy atom. The van der Waals surface area contributed by atoms with Crippen LogP contribution in [0, 0.1) is 13.8 Å². The number of alkyl halides is 1. The molecule has 2 aromatic rings. The van der Waals surface area contributed by atoms with Crippen molar-refractivity contribution in [1.29, 1.82) is 0 Å². The molecule has 1 fully saturated rings. The normalized spacial score (nSPS) is 21.6. The van der Waals surface area contributed by atoms with Gasteiger partial charge in [-0.3, -0.25) is 9.59 Å². The number of halogens is 1. The van der Waals surface area contributed by atoms with Crippen molar-refractivity contribution in [2.24, 2.45) is 0 Å². The molecular weight excluding hydrogens is 448 g/mol. The summed E-state index contributed by atoms with van der Waals surface area (Å²) in [4.78, 5) is 33.9. The molecule has 1 aromatic heterocycles. The molecule has 176 valence electrons. The van der Waals surface area contributed by atoms with E-state index in [0.717, 1.165) is 71.9 Å². The number of aromatic amines is 1. The smallest absolute Gasteiger partial charge is 0.256 e. The van der Waals surface area contributed by atoms with Crippen LogP contribution in [0.15, 0.2) is 36.4 Å². The zero-order valence-electron chi connectivity index (χ0n) is 19.7. The van der Waals surface area contributed by atoms with Crippen LogP contribution in [-0.4, -0.2) is 65.2 Å². The maximum absolute atomic E-state index is 13.3. The second-order valence-electron chi connectivity index (χ2n) is 9.25. The highest BCUT2D eigenvalue weighted by Crippen LogP contribution is 2.41. The molecule has 2 aliphatic heterocycles. The van der Waals surface area contributed by atoms with Crippen LogP contribution < -0.4 is 5.32 Å². The van der Waals surface area contributed by atoms with Gasteiger partial charge in [0.15, 0.2) is 0 Å². The summed E-state index contributed by atoms with van der Waals surface area (Å²) in [7, 11) is 2.07. The summed E-state index contributed by atoms with van der Waals surface area (Å²) in [5.74, 6) is -0.107. The number of aromatic nitrogens is 1. The molecule has 3 heterocycles. The number of benzene rings is 1. The summed E-state index contributed by atoms with van der Waals surface area (Å²) >= 11 is 6.63. The number of fused-ring (bicyclic) bond motifs is 1. The molecule has 0 bridgehead atoms. The number of nitrogens with zero attached hydrogens (tertiary/aromatic N) is 2. The van der Waals surface area contributed by atoms with Gasteiger partial charge in [0, 0.05) is 48.8 Å². The van der Waals surface area contributed by atoms with E-state index in [2.05, 4.69) is 28.3 Å². The lowest BCUT2D eigenvalue weighted by atomic mass is 9.89. The molecular formula is C27H29ClN4O2. The van der Waals surface area contributed by atoms with Gasteiger partial charge in [-0.05, 0) is 56.2 Å². The SMILES string of the molecule is Cc1[nH]c(/C=C2\C(=O)Nc3cccc(C4=CC=CC[C@H]4Cl)c32)c(C)c1C(=O)N1CCN(C)CC1. The van der Waals surface area contributed by atoms with E-state index in [9.17, 15) is 9.59 Å². The predicted octanol–water partition coefficient (Wildman–Crippen LogP) is 4.46. The number of carbonyl (C=O) groups excluding carboxylic acids is 2. The molecule has 5 rings (SSSR count). The Morgan fingerprint density at radius 3 is 2.68 bits per heavy atom. The molecule has 0 saturated carbocycles. The topological polar surface area (TPSA) is 68.4 Å². The van der Waals surface area contributed by atoms with E-state index in [-0.39, 0.29) is 17.2 Å². The summed E-state index contributed by atoms with van der Waals surface area (Å²) in [6.07, 6.45) is 8.71. The third-order valence-electron chi connectivity index (χ3n) is 7.00. The number of rotatable bonds is 3. The minimum Gasteiger partial charge on any atom is -0.358 e. The lowest BCUT2D eigenvalue weighted by Gasteiger charge is -2.32. The summed E-state index contributed by atoms with van der Waals surface area (Å²) < 4.78 is 0. The second-order valence-corrected chi connectivity index (χ2v) is 9.78. The maximum atomic E-state index is 13.3. The van der Waals surface area contributed by atoms with Crippen LogP contribution in [0.2, 0.25) is 0 Å². The van der Waals surface area contributed by atoms with E-state index in [1.54, 1.807) is 0 Å². The number of amides is 2. The first-order valence-electron chi connectivity index (χ1n) is 11.7. The van der Waals surface area contributed by atoms with Gasteiger partial charge in [-0.25, -0.2) is 0 Å². The van der Waals surface area contributed by atoms with E-state index in [1.165, 1.54) is 0 Å². The number of piperazine rings is 1. The number of anilines is 1. The second kappa shape index (κ2) is 8.93. The van der Waals surface area contributed by atoms with Crippen LogP contribution in [0.4, 0.5) is 5.69 Å². The number of carbonyl (C=O) groups is 2. The van der Waals surface area contributed by atoms with Crippen LogP contribution in [-0.2, 0) is 4.79 Å². The maximum Gasteiger partial charge on any atom is 0.256 e. The lowest BCUT2D eigenvalue weighted by molar-refractivity contribution is -0.110. The minimum absolute atomic E-state index is 0.0464. The number of likely N-dealkylation sites (N-methyl/N-ethyl adjacent to an activating group) is 1. The van der Waals surface area contributed by atoms with Gasteiger partial charge in [-0.15, -0.1) is 11.6 Å². The third-order valence-corrected chi connectivity index (χ3v) is 7.41. The summed E-state index contributed by atoms with van der Waals surface area (Å²) in [6, 6.07) is 5.87. The van der Waals surface area contributed by atoms with Gasteiger partial charge in [0.1, 0.15) is 0 Å². The Hall–Kier alpha value is -3.09. The zero-order valence-corrected chi connectivity index (χ0v) is 20.5. The molecule has 3 aliphatic rings. The third kappa shape index (κ3) is 3.91. The van der Waals surface area contributed by atoms with Gasteiger partial charge >= 0.3 is 0 Å². The Balaban J connectivity index is 1.55. The Morgan fingerprint density at radius 1 is 1.18 bits per heavy atom. The van der Waals surface area contributed by atoms with E-state index >= 15 is 0 Å². The number of aryl methyl sites for hydroxylation is 1. The summed E-state index contributed by atoms with van der Waals surface area (Å²) in [6.45, 7) is 7.05. The molecule has 0 radical (unpaired) electrons. The summed E-state index contributed by atoms with van der Waals surface area (Å²) in [5, 5.41) is 2.85. The van der Waals surface area contributed by atoms with E-state index in [0.29, 0.717) is 11.1 Å². The van der Waals surface area contributed by atoms with Crippen molar-refractivity contribution >= 4 is 46.3 Å². The number of H-pyrrole nitrogens is 1. The minimum atomic E-state index is -0.154. The number of hydrogen-bond donors (Lipinski definition) is 2. The Kier molecular flexibility index (Phi) is 5.96. The predicted molar refractivity (Wildman–Crippen MR) is 138 cm³/mol. The van der Waals surface area contributed by atoms with Gasteiger partial charge in [0.2, 0.25) is 0 Å². The van der Waals surface area contributed by atoms with Gasteiger partial charge < -0.3 is 20.1 Å². The van der Waals surface area contributed by atoms with Gasteiger partial charge in [0.05, 0.1) is 16.5 Å². The quantitative estimate of drug-likeness (QED) is 0.507. The van der Waals surface area contributed by atoms with Crippen molar-refractivity contribution in [3.05, 3.63) is 70.1 Å². The highest BCUT2D eigenvalue weighted by Gasteiger charge is 2.31. The molecule has 0 spiro atoms. The van der Waals surface area contributed by atoms with Gasteiger partial charge in [0.25, 0.3) is 11.8 Å². The number of allylic oxidation sites excluding steroid dienone is 4. The first-order valence-corrected chi connectivity index (χ1v) is 12.1. The van der Waals surface area contributed by atoms with Crippen LogP contribution in [0.3, 0.4) is 0 Å². The molecule has 2 amide bonds. The molecule has 1 aromatic carbocycles. The van der Waals surface area contributed by atoms with Crippen LogP contribution >= 0.6 is 11.6 Å². The van der Waals surface area contributed by atoms with Crippen LogP contribution in [0.25, 0.3) is 17.2 Å². The van der Waals surface area contributed by atoms with Crippen LogP contribution in [0.5, 0.6) is 0 Å². The molecule has 7 heteroatoms. The van der Waals surface area contributed by atoms with E-state index in [4.69, 9.17) is 11.6 Å². The highest BCUT2D eigenvalue weighted by molar-refractivity contribution is 6.36. The molecule has 34 heavy (non-hydrogen) atoms. The average molecular weight is 477 g/mol. The van der Waals surface area contributed by atoms with E-state index in [1.807, 2.05) is 55.2 Å². The first-order chi connectivity index (χ1) is 16.3. The Bertz CT molecular complexity index is 1260. The molecule has 1 atom stereocenters. The fraction of sp³-hybridized carbons (Fsp3) is 0.333. The number of hydrogen-bond acceptors (Lipinski definition) is 3. The standard InChI is InChI=1S/C27H29ClN4O2/c1-16-23(29-17(2)24(16)27(34)32-13-11-31(3)12-14-32)15-20-25-19(18-7-4-5-9-21(18)28)8-6-10-22(25)30-26(20)33/h4-8,10,15,21,29H,9,11-14H2,1-3H3,(H,30,33)/b20-15-/t21-/m1/s1. The molecule has 1 saturated heterocycles. The van der Waals surface area contributed by atoms with Crippen molar-refractivity contribution in [3.63, 3.8) is 0 Å². The monoisotopic (exact) mass is 476 g/mol. The first kappa shape index (κ1) is 22.7. The van der Waals surface area contributed by atoms with Crippen molar-refractivity contribution in [1.82, 2.24) is 14.8 Å². The van der Waals surface area contributed by atoms with Crippen molar-refractivity contribution in [2.75, 3.05) is 38.5 Å². The lowest BCUT2D eigenvalue weighted by Crippen LogP contribution is -2.47. The summed E-state index contributed by atoms with van der Waals surface area (Å²) in [5.41, 5.74) is 7.35.